The summed E-state index contributed by atoms with van der Waals surface area (Å²) >= 11 is 3.28. The lowest BCUT2D eigenvalue weighted by molar-refractivity contribution is 0.503. The van der Waals surface area contributed by atoms with Gasteiger partial charge < -0.3 is 5.32 Å². The Morgan fingerprint density at radius 3 is 2.80 bits per heavy atom. The molecule has 1 aromatic carbocycles. The first kappa shape index (κ1) is 15.1. The average Bonchev–Trinajstić information content (AvgIpc) is 2.46. The van der Waals surface area contributed by atoms with E-state index >= 15 is 0 Å². The average molecular weight is 337 g/mol. The fourth-order valence-electron chi connectivity index (χ4n) is 2.09. The Morgan fingerprint density at radius 1 is 1.30 bits per heavy atom. The first-order valence-corrected chi connectivity index (χ1v) is 7.58. The van der Waals surface area contributed by atoms with Crippen molar-refractivity contribution in [1.82, 2.24) is 10.3 Å². The molecule has 1 aromatic heterocycles. The number of nitrogens with zero attached hydrogens (tertiary/aromatic N) is 1. The van der Waals surface area contributed by atoms with E-state index in [1.807, 2.05) is 30.3 Å². The summed E-state index contributed by atoms with van der Waals surface area (Å²) in [5, 5.41) is 3.44. The predicted octanol–water partition coefficient (Wildman–Crippen LogP) is 4.27. The number of hydrogen-bond donors (Lipinski definition) is 1. The number of pyridine rings is 1. The normalized spacial score (nSPS) is 12.3. The Hall–Kier alpha value is -1.26. The maximum absolute atomic E-state index is 14.0. The second kappa shape index (κ2) is 7.50. The van der Waals surface area contributed by atoms with Gasteiger partial charge in [-0.15, -0.1) is 0 Å². The quantitative estimate of drug-likeness (QED) is 0.852. The molecule has 0 aliphatic carbocycles. The number of nitrogens with one attached hydrogen (secondary N) is 1. The van der Waals surface area contributed by atoms with Gasteiger partial charge in [0.05, 0.1) is 11.7 Å². The topological polar surface area (TPSA) is 24.9 Å². The van der Waals surface area contributed by atoms with Crippen molar-refractivity contribution in [3.63, 3.8) is 0 Å². The van der Waals surface area contributed by atoms with Crippen LogP contribution in [0.15, 0.2) is 47.1 Å². The second-order valence-corrected chi connectivity index (χ2v) is 5.62. The Balaban J connectivity index is 2.19. The van der Waals surface area contributed by atoms with Crippen LogP contribution in [0.1, 0.15) is 30.6 Å². The Morgan fingerprint density at radius 2 is 2.15 bits per heavy atom. The van der Waals surface area contributed by atoms with Gasteiger partial charge in [0.2, 0.25) is 0 Å². The summed E-state index contributed by atoms with van der Waals surface area (Å²) in [6, 6.07) is 11.1. The van der Waals surface area contributed by atoms with Crippen molar-refractivity contribution in [1.29, 1.82) is 0 Å². The molecule has 0 fully saturated rings. The highest BCUT2D eigenvalue weighted by molar-refractivity contribution is 9.10. The van der Waals surface area contributed by atoms with Crippen LogP contribution in [-0.4, -0.2) is 11.5 Å². The monoisotopic (exact) mass is 336 g/mol. The summed E-state index contributed by atoms with van der Waals surface area (Å²) in [5.74, 6) is -0.182. The van der Waals surface area contributed by atoms with Crippen LogP contribution in [0.25, 0.3) is 0 Å². The molecular formula is C16H18BrFN2. The maximum atomic E-state index is 14.0. The third-order valence-corrected chi connectivity index (χ3v) is 3.62. The Labute approximate surface area is 127 Å². The highest BCUT2D eigenvalue weighted by Crippen LogP contribution is 2.21. The van der Waals surface area contributed by atoms with Crippen LogP contribution < -0.4 is 5.32 Å². The van der Waals surface area contributed by atoms with Crippen LogP contribution in [0.2, 0.25) is 0 Å². The summed E-state index contributed by atoms with van der Waals surface area (Å²) in [6.45, 7) is 3.00. The summed E-state index contributed by atoms with van der Waals surface area (Å²) < 4.78 is 14.7. The van der Waals surface area contributed by atoms with Gasteiger partial charge in [-0.3, -0.25) is 4.98 Å². The molecule has 0 saturated heterocycles. The highest BCUT2D eigenvalue weighted by Gasteiger charge is 2.15. The van der Waals surface area contributed by atoms with Gasteiger partial charge in [-0.1, -0.05) is 35.0 Å². The van der Waals surface area contributed by atoms with Gasteiger partial charge in [-0.25, -0.2) is 4.39 Å². The zero-order valence-corrected chi connectivity index (χ0v) is 13.0. The minimum absolute atomic E-state index is 0.0341. The van der Waals surface area contributed by atoms with Gasteiger partial charge in [0.15, 0.2) is 0 Å². The number of hydrogen-bond acceptors (Lipinski definition) is 2. The number of aromatic nitrogens is 1. The molecule has 1 unspecified atom stereocenters. The summed E-state index contributed by atoms with van der Waals surface area (Å²) in [7, 11) is 0. The van der Waals surface area contributed by atoms with E-state index in [1.165, 1.54) is 6.07 Å². The molecule has 1 atom stereocenters. The van der Waals surface area contributed by atoms with Gasteiger partial charge in [-0.05, 0) is 49.2 Å². The molecule has 0 saturated carbocycles. The van der Waals surface area contributed by atoms with Gasteiger partial charge in [0.1, 0.15) is 5.82 Å². The molecule has 0 aliphatic heterocycles. The molecule has 106 valence electrons. The Kier molecular flexibility index (Phi) is 5.68. The molecule has 1 heterocycles. The predicted molar refractivity (Wildman–Crippen MR) is 83.1 cm³/mol. The third-order valence-electron chi connectivity index (χ3n) is 3.12. The fraction of sp³-hybridized carbons (Fsp3) is 0.312. The number of halogens is 2. The van der Waals surface area contributed by atoms with Crippen LogP contribution in [0.3, 0.4) is 0 Å². The molecule has 2 rings (SSSR count). The van der Waals surface area contributed by atoms with E-state index in [2.05, 4.69) is 33.2 Å². The minimum atomic E-state index is -0.182. The molecule has 0 spiro atoms. The van der Waals surface area contributed by atoms with Crippen LogP contribution in [0.4, 0.5) is 4.39 Å². The first-order chi connectivity index (χ1) is 9.70. The van der Waals surface area contributed by atoms with Crippen molar-refractivity contribution in [2.45, 2.75) is 25.8 Å². The molecular weight excluding hydrogens is 319 g/mol. The van der Waals surface area contributed by atoms with Crippen molar-refractivity contribution in [3.05, 3.63) is 64.1 Å². The molecule has 2 aromatic rings. The van der Waals surface area contributed by atoms with Crippen molar-refractivity contribution in [3.8, 4) is 0 Å². The van der Waals surface area contributed by atoms with E-state index in [0.717, 1.165) is 23.1 Å². The van der Waals surface area contributed by atoms with Crippen LogP contribution in [-0.2, 0) is 6.42 Å². The van der Waals surface area contributed by atoms with Crippen LogP contribution >= 0.6 is 15.9 Å². The summed E-state index contributed by atoms with van der Waals surface area (Å²) in [4.78, 5) is 4.38. The van der Waals surface area contributed by atoms with Crippen molar-refractivity contribution < 1.29 is 4.39 Å². The lowest BCUT2D eigenvalue weighted by Crippen LogP contribution is -2.25. The van der Waals surface area contributed by atoms with E-state index in [0.29, 0.717) is 12.0 Å². The smallest absolute Gasteiger partial charge is 0.127 e. The lowest BCUT2D eigenvalue weighted by atomic mass is 10.0. The largest absolute Gasteiger partial charge is 0.308 e. The molecule has 1 N–H and O–H groups in total. The molecule has 2 nitrogen and oxygen atoms in total. The maximum Gasteiger partial charge on any atom is 0.127 e. The van der Waals surface area contributed by atoms with E-state index in [4.69, 9.17) is 0 Å². The van der Waals surface area contributed by atoms with Crippen molar-refractivity contribution >= 4 is 15.9 Å². The fourth-order valence-corrected chi connectivity index (χ4v) is 2.42. The van der Waals surface area contributed by atoms with E-state index in [1.54, 1.807) is 6.20 Å². The second-order valence-electron chi connectivity index (χ2n) is 4.70. The minimum Gasteiger partial charge on any atom is -0.308 e. The zero-order valence-electron chi connectivity index (χ0n) is 11.4. The van der Waals surface area contributed by atoms with Crippen molar-refractivity contribution in [2.24, 2.45) is 0 Å². The molecule has 0 bridgehead atoms. The molecule has 0 radical (unpaired) electrons. The zero-order chi connectivity index (χ0) is 14.4. The standard InChI is InChI=1S/C16H18BrFN2/c1-2-8-19-16(15-5-3-4-9-20-15)10-12-6-7-13(17)11-14(12)18/h3-7,9,11,16,19H,2,8,10H2,1H3. The molecule has 0 amide bonds. The highest BCUT2D eigenvalue weighted by atomic mass is 79.9. The van der Waals surface area contributed by atoms with Gasteiger partial charge in [0, 0.05) is 10.7 Å². The SMILES string of the molecule is CCCNC(Cc1ccc(Br)cc1F)c1ccccn1. The van der Waals surface area contributed by atoms with E-state index in [-0.39, 0.29) is 11.9 Å². The van der Waals surface area contributed by atoms with Gasteiger partial charge in [-0.2, -0.15) is 0 Å². The number of rotatable bonds is 6. The van der Waals surface area contributed by atoms with Crippen LogP contribution in [0, 0.1) is 5.82 Å². The molecule has 4 heteroatoms. The summed E-state index contributed by atoms with van der Waals surface area (Å²) in [5.41, 5.74) is 1.65. The van der Waals surface area contributed by atoms with Crippen LogP contribution in [0.5, 0.6) is 0 Å². The van der Waals surface area contributed by atoms with Gasteiger partial charge in [0.25, 0.3) is 0 Å². The van der Waals surface area contributed by atoms with E-state index in [9.17, 15) is 4.39 Å². The van der Waals surface area contributed by atoms with Crippen molar-refractivity contribution in [2.75, 3.05) is 6.54 Å². The molecule has 20 heavy (non-hydrogen) atoms. The van der Waals surface area contributed by atoms with E-state index < -0.39 is 0 Å². The van der Waals surface area contributed by atoms with Gasteiger partial charge >= 0.3 is 0 Å². The first-order valence-electron chi connectivity index (χ1n) is 6.79. The Bertz CT molecular complexity index is 545. The molecule has 0 aliphatic rings. The number of benzene rings is 1. The lowest BCUT2D eigenvalue weighted by Gasteiger charge is -2.18. The summed E-state index contributed by atoms with van der Waals surface area (Å²) in [6.07, 6.45) is 3.40. The third kappa shape index (κ3) is 4.12.